The molecule has 1 heterocycles. The molecule has 0 amide bonds. The van der Waals surface area contributed by atoms with Crippen molar-refractivity contribution in [2.24, 2.45) is 5.73 Å². The van der Waals surface area contributed by atoms with Gasteiger partial charge in [0.15, 0.2) is 0 Å². The van der Waals surface area contributed by atoms with Crippen LogP contribution in [0.4, 0.5) is 0 Å². The predicted molar refractivity (Wildman–Crippen MR) is 62.6 cm³/mol. The Morgan fingerprint density at radius 3 is 2.53 bits per heavy atom. The van der Waals surface area contributed by atoms with Gasteiger partial charge in [0.2, 0.25) is 0 Å². The summed E-state index contributed by atoms with van der Waals surface area (Å²) in [6.45, 7) is 2.80. The van der Waals surface area contributed by atoms with Gasteiger partial charge >= 0.3 is 0 Å². The number of aromatic nitrogens is 1. The van der Waals surface area contributed by atoms with Gasteiger partial charge in [-0.2, -0.15) is 0 Å². The summed E-state index contributed by atoms with van der Waals surface area (Å²) in [5.74, 6) is 0. The highest BCUT2D eigenvalue weighted by atomic mass is 15.0. The summed E-state index contributed by atoms with van der Waals surface area (Å²) < 4.78 is 2.19. The molecular formula is C13H16N2. The molecule has 1 atom stereocenters. The molecule has 0 fully saturated rings. The molecule has 2 heteroatoms. The van der Waals surface area contributed by atoms with Crippen LogP contribution in [0.1, 0.15) is 24.1 Å². The quantitative estimate of drug-likeness (QED) is 0.811. The van der Waals surface area contributed by atoms with E-state index in [0.717, 1.165) is 0 Å². The molecule has 0 aliphatic carbocycles. The Morgan fingerprint density at radius 1 is 1.20 bits per heavy atom. The molecule has 1 aromatic carbocycles. The first-order chi connectivity index (χ1) is 7.31. The van der Waals surface area contributed by atoms with Crippen LogP contribution in [0.25, 0.3) is 0 Å². The summed E-state index contributed by atoms with van der Waals surface area (Å²) in [5, 5.41) is 0. The maximum atomic E-state index is 5.59. The molecule has 0 aliphatic heterocycles. The maximum Gasteiger partial charge on any atom is 0.0551 e. The fraction of sp³-hybridized carbons (Fsp3) is 0.231. The van der Waals surface area contributed by atoms with E-state index < -0.39 is 0 Å². The van der Waals surface area contributed by atoms with Crippen molar-refractivity contribution in [1.29, 1.82) is 0 Å². The molecule has 0 saturated heterocycles. The summed E-state index contributed by atoms with van der Waals surface area (Å²) in [6.07, 6.45) is 4.19. The van der Waals surface area contributed by atoms with E-state index in [1.807, 2.05) is 6.07 Å². The van der Waals surface area contributed by atoms with Gasteiger partial charge in [0.25, 0.3) is 0 Å². The Morgan fingerprint density at radius 2 is 1.93 bits per heavy atom. The first-order valence-electron chi connectivity index (χ1n) is 5.22. The third-order valence-corrected chi connectivity index (χ3v) is 2.74. The third kappa shape index (κ3) is 2.10. The van der Waals surface area contributed by atoms with Crippen molar-refractivity contribution in [3.8, 4) is 0 Å². The predicted octanol–water partition coefficient (Wildman–Crippen LogP) is 2.56. The smallest absolute Gasteiger partial charge is 0.0551 e. The number of hydrogen-bond acceptors (Lipinski definition) is 1. The molecule has 0 spiro atoms. The SMILES string of the molecule is C[C@@H](c1ccccc1)n1ccc(CN)c1. The van der Waals surface area contributed by atoms with Crippen LogP contribution in [0.3, 0.4) is 0 Å². The van der Waals surface area contributed by atoms with Crippen molar-refractivity contribution in [3.63, 3.8) is 0 Å². The largest absolute Gasteiger partial charge is 0.347 e. The van der Waals surface area contributed by atoms with Gasteiger partial charge in [-0.1, -0.05) is 30.3 Å². The minimum absolute atomic E-state index is 0.367. The Kier molecular flexibility index (Phi) is 2.88. The normalized spacial score (nSPS) is 12.7. The van der Waals surface area contributed by atoms with E-state index in [0.29, 0.717) is 12.6 Å². The minimum atomic E-state index is 0.367. The van der Waals surface area contributed by atoms with Crippen LogP contribution in [0.15, 0.2) is 48.8 Å². The molecule has 0 radical (unpaired) electrons. The van der Waals surface area contributed by atoms with Gasteiger partial charge in [0.05, 0.1) is 6.04 Å². The lowest BCUT2D eigenvalue weighted by Crippen LogP contribution is -2.04. The minimum Gasteiger partial charge on any atom is -0.347 e. The molecular weight excluding hydrogens is 184 g/mol. The zero-order chi connectivity index (χ0) is 10.7. The molecule has 2 aromatic rings. The molecule has 2 N–H and O–H groups in total. The Balaban J connectivity index is 2.24. The van der Waals surface area contributed by atoms with Crippen LogP contribution in [0.2, 0.25) is 0 Å². The van der Waals surface area contributed by atoms with Gasteiger partial charge in [-0.05, 0) is 24.1 Å². The number of hydrogen-bond donors (Lipinski definition) is 1. The van der Waals surface area contributed by atoms with Crippen LogP contribution in [0.5, 0.6) is 0 Å². The molecule has 2 rings (SSSR count). The lowest BCUT2D eigenvalue weighted by Gasteiger charge is -2.13. The monoisotopic (exact) mass is 200 g/mol. The van der Waals surface area contributed by atoms with E-state index >= 15 is 0 Å². The average Bonchev–Trinajstić information content (AvgIpc) is 2.78. The van der Waals surface area contributed by atoms with Crippen molar-refractivity contribution in [2.45, 2.75) is 19.5 Å². The Bertz CT molecular complexity index is 417. The van der Waals surface area contributed by atoms with E-state index in [-0.39, 0.29) is 0 Å². The topological polar surface area (TPSA) is 30.9 Å². The van der Waals surface area contributed by atoms with Crippen LogP contribution in [-0.2, 0) is 6.54 Å². The van der Waals surface area contributed by atoms with E-state index in [4.69, 9.17) is 5.73 Å². The number of benzene rings is 1. The van der Waals surface area contributed by atoms with Crippen LogP contribution in [0, 0.1) is 0 Å². The second-order valence-electron chi connectivity index (χ2n) is 3.76. The number of nitrogens with zero attached hydrogens (tertiary/aromatic N) is 1. The fourth-order valence-corrected chi connectivity index (χ4v) is 1.72. The average molecular weight is 200 g/mol. The standard InChI is InChI=1S/C13H16N2/c1-11(13-5-3-2-4-6-13)15-8-7-12(9-14)10-15/h2-8,10-11H,9,14H2,1H3/t11-/m0/s1. The van der Waals surface area contributed by atoms with E-state index in [2.05, 4.69) is 54.2 Å². The van der Waals surface area contributed by atoms with Crippen LogP contribution < -0.4 is 5.73 Å². The summed E-state index contributed by atoms with van der Waals surface area (Å²) >= 11 is 0. The van der Waals surface area contributed by atoms with Gasteiger partial charge in [0, 0.05) is 18.9 Å². The second-order valence-corrected chi connectivity index (χ2v) is 3.76. The molecule has 0 aliphatic rings. The van der Waals surface area contributed by atoms with Gasteiger partial charge in [-0.25, -0.2) is 0 Å². The van der Waals surface area contributed by atoms with Gasteiger partial charge in [-0.3, -0.25) is 0 Å². The molecule has 0 unspecified atom stereocenters. The van der Waals surface area contributed by atoms with E-state index in [9.17, 15) is 0 Å². The first-order valence-corrected chi connectivity index (χ1v) is 5.22. The molecule has 0 saturated carbocycles. The Hall–Kier alpha value is -1.54. The van der Waals surface area contributed by atoms with Gasteiger partial charge < -0.3 is 10.3 Å². The highest BCUT2D eigenvalue weighted by Crippen LogP contribution is 2.18. The summed E-state index contributed by atoms with van der Waals surface area (Å²) in [7, 11) is 0. The summed E-state index contributed by atoms with van der Waals surface area (Å²) in [6, 6.07) is 12.9. The lowest BCUT2D eigenvalue weighted by molar-refractivity contribution is 0.641. The zero-order valence-electron chi connectivity index (χ0n) is 8.93. The maximum absolute atomic E-state index is 5.59. The fourth-order valence-electron chi connectivity index (χ4n) is 1.72. The van der Waals surface area contributed by atoms with Gasteiger partial charge in [0.1, 0.15) is 0 Å². The van der Waals surface area contributed by atoms with Crippen molar-refractivity contribution >= 4 is 0 Å². The zero-order valence-corrected chi connectivity index (χ0v) is 8.93. The summed E-state index contributed by atoms with van der Waals surface area (Å²) in [5.41, 5.74) is 8.08. The third-order valence-electron chi connectivity index (χ3n) is 2.74. The number of nitrogens with two attached hydrogens (primary N) is 1. The summed E-state index contributed by atoms with van der Waals surface area (Å²) in [4.78, 5) is 0. The molecule has 1 aromatic heterocycles. The van der Waals surface area contributed by atoms with Crippen LogP contribution >= 0.6 is 0 Å². The molecule has 15 heavy (non-hydrogen) atoms. The van der Waals surface area contributed by atoms with E-state index in [1.165, 1.54) is 11.1 Å². The molecule has 2 nitrogen and oxygen atoms in total. The van der Waals surface area contributed by atoms with Crippen molar-refractivity contribution < 1.29 is 0 Å². The van der Waals surface area contributed by atoms with Crippen LogP contribution in [-0.4, -0.2) is 4.57 Å². The second kappa shape index (κ2) is 4.32. The lowest BCUT2D eigenvalue weighted by atomic mass is 10.1. The molecule has 0 bridgehead atoms. The first kappa shape index (κ1) is 9.99. The highest BCUT2D eigenvalue weighted by Gasteiger charge is 2.06. The molecule has 78 valence electrons. The highest BCUT2D eigenvalue weighted by molar-refractivity contribution is 5.21. The Labute approximate surface area is 90.3 Å². The van der Waals surface area contributed by atoms with E-state index in [1.54, 1.807) is 0 Å². The van der Waals surface area contributed by atoms with Gasteiger partial charge in [-0.15, -0.1) is 0 Å². The van der Waals surface area contributed by atoms with Crippen molar-refractivity contribution in [2.75, 3.05) is 0 Å². The number of rotatable bonds is 3. The van der Waals surface area contributed by atoms with Crippen molar-refractivity contribution in [1.82, 2.24) is 4.57 Å². The van der Waals surface area contributed by atoms with Crippen molar-refractivity contribution in [3.05, 3.63) is 59.9 Å².